The van der Waals surface area contributed by atoms with Crippen LogP contribution in [0.1, 0.15) is 25.5 Å². The van der Waals surface area contributed by atoms with Gasteiger partial charge in [-0.05, 0) is 31.2 Å². The fourth-order valence-corrected chi connectivity index (χ4v) is 1.62. The third kappa shape index (κ3) is 2.61. The lowest BCUT2D eigenvalue weighted by molar-refractivity contribution is 0.474. The Labute approximate surface area is 83.5 Å². The number of rotatable bonds is 3. The van der Waals surface area contributed by atoms with Gasteiger partial charge in [-0.15, -0.1) is 0 Å². The van der Waals surface area contributed by atoms with Crippen molar-refractivity contribution in [1.82, 2.24) is 5.32 Å². The molecule has 0 amide bonds. The molecule has 0 aliphatic heterocycles. The van der Waals surface area contributed by atoms with Crippen molar-refractivity contribution in [2.24, 2.45) is 0 Å². The smallest absolute Gasteiger partial charge is 0.117 e. The van der Waals surface area contributed by atoms with Gasteiger partial charge in [0.1, 0.15) is 5.75 Å². The van der Waals surface area contributed by atoms with Crippen LogP contribution >= 0.6 is 11.6 Å². The summed E-state index contributed by atoms with van der Waals surface area (Å²) < 4.78 is 0. The highest BCUT2D eigenvalue weighted by Crippen LogP contribution is 2.26. The Kier molecular flexibility index (Phi) is 3.58. The summed E-state index contributed by atoms with van der Waals surface area (Å²) in [6.07, 6.45) is 0. The van der Waals surface area contributed by atoms with Crippen LogP contribution in [0, 0.1) is 0 Å². The Bertz CT molecular complexity index is 288. The summed E-state index contributed by atoms with van der Waals surface area (Å²) in [6.45, 7) is 4.99. The lowest BCUT2D eigenvalue weighted by atomic mass is 10.1. The summed E-state index contributed by atoms with van der Waals surface area (Å²) in [7, 11) is 0. The third-order valence-electron chi connectivity index (χ3n) is 1.96. The van der Waals surface area contributed by atoms with Crippen molar-refractivity contribution in [3.8, 4) is 5.75 Å². The Hall–Kier alpha value is -0.730. The first-order chi connectivity index (χ1) is 6.15. The second kappa shape index (κ2) is 4.49. The monoisotopic (exact) mass is 199 g/mol. The zero-order valence-corrected chi connectivity index (χ0v) is 8.60. The predicted octanol–water partition coefficient (Wildman–Crippen LogP) is 2.72. The third-order valence-corrected chi connectivity index (χ3v) is 2.29. The van der Waals surface area contributed by atoms with E-state index in [4.69, 9.17) is 16.7 Å². The first kappa shape index (κ1) is 10.4. The molecule has 0 aromatic heterocycles. The first-order valence-electron chi connectivity index (χ1n) is 4.37. The van der Waals surface area contributed by atoms with Crippen LogP contribution in [0.5, 0.6) is 5.75 Å². The van der Waals surface area contributed by atoms with Crippen LogP contribution in [-0.2, 0) is 0 Å². The van der Waals surface area contributed by atoms with Gasteiger partial charge in [0.05, 0.1) is 0 Å². The molecule has 2 nitrogen and oxygen atoms in total. The van der Waals surface area contributed by atoms with Crippen LogP contribution in [0.15, 0.2) is 18.2 Å². The zero-order valence-electron chi connectivity index (χ0n) is 7.84. The molecule has 0 radical (unpaired) electrons. The fourth-order valence-electron chi connectivity index (χ4n) is 1.28. The molecule has 0 saturated carbocycles. The normalized spacial score (nSPS) is 12.8. The van der Waals surface area contributed by atoms with E-state index < -0.39 is 0 Å². The maximum atomic E-state index is 9.14. The van der Waals surface area contributed by atoms with E-state index in [2.05, 4.69) is 5.32 Å². The van der Waals surface area contributed by atoms with E-state index in [0.717, 1.165) is 12.1 Å². The number of hydrogen-bond donors (Lipinski definition) is 2. The lowest BCUT2D eigenvalue weighted by Gasteiger charge is -2.14. The minimum Gasteiger partial charge on any atom is -0.508 e. The lowest BCUT2D eigenvalue weighted by Crippen LogP contribution is -2.17. The van der Waals surface area contributed by atoms with Gasteiger partial charge in [-0.3, -0.25) is 0 Å². The molecule has 1 unspecified atom stereocenters. The SMILES string of the molecule is CCNC(C)c1ccc(O)cc1Cl. The van der Waals surface area contributed by atoms with Crippen LogP contribution in [0.2, 0.25) is 5.02 Å². The molecule has 13 heavy (non-hydrogen) atoms. The van der Waals surface area contributed by atoms with Crippen LogP contribution in [0.25, 0.3) is 0 Å². The maximum absolute atomic E-state index is 9.14. The number of phenols is 1. The Morgan fingerprint density at radius 2 is 2.23 bits per heavy atom. The number of phenolic OH excluding ortho intramolecular Hbond substituents is 1. The number of hydrogen-bond acceptors (Lipinski definition) is 2. The molecule has 1 atom stereocenters. The van der Waals surface area contributed by atoms with Crippen molar-refractivity contribution in [3.05, 3.63) is 28.8 Å². The van der Waals surface area contributed by atoms with Crippen molar-refractivity contribution in [2.45, 2.75) is 19.9 Å². The second-order valence-corrected chi connectivity index (χ2v) is 3.39. The summed E-state index contributed by atoms with van der Waals surface area (Å²) in [6, 6.07) is 5.27. The van der Waals surface area contributed by atoms with Gasteiger partial charge in [0.25, 0.3) is 0 Å². The molecule has 0 bridgehead atoms. The number of halogens is 1. The fraction of sp³-hybridized carbons (Fsp3) is 0.400. The number of nitrogens with one attached hydrogen (secondary N) is 1. The average Bonchev–Trinajstić information content (AvgIpc) is 2.04. The number of benzene rings is 1. The summed E-state index contributed by atoms with van der Waals surface area (Å²) in [5, 5.41) is 13.0. The van der Waals surface area contributed by atoms with Crippen LogP contribution in [0.4, 0.5) is 0 Å². The van der Waals surface area contributed by atoms with Crippen molar-refractivity contribution in [2.75, 3.05) is 6.54 Å². The van der Waals surface area contributed by atoms with Crippen LogP contribution in [0.3, 0.4) is 0 Å². The van der Waals surface area contributed by atoms with Crippen LogP contribution in [-0.4, -0.2) is 11.7 Å². The van der Waals surface area contributed by atoms with Crippen LogP contribution < -0.4 is 5.32 Å². The predicted molar refractivity (Wildman–Crippen MR) is 55.2 cm³/mol. The largest absolute Gasteiger partial charge is 0.508 e. The summed E-state index contributed by atoms with van der Waals surface area (Å²) in [4.78, 5) is 0. The molecule has 3 heteroatoms. The molecule has 1 rings (SSSR count). The van der Waals surface area contributed by atoms with E-state index >= 15 is 0 Å². The van der Waals surface area contributed by atoms with E-state index in [-0.39, 0.29) is 11.8 Å². The minimum atomic E-state index is 0.206. The van der Waals surface area contributed by atoms with Crippen molar-refractivity contribution in [3.63, 3.8) is 0 Å². The highest BCUT2D eigenvalue weighted by molar-refractivity contribution is 6.31. The van der Waals surface area contributed by atoms with E-state index in [0.29, 0.717) is 5.02 Å². The van der Waals surface area contributed by atoms with Crippen molar-refractivity contribution >= 4 is 11.6 Å². The molecule has 1 aromatic rings. The molecule has 0 fully saturated rings. The average molecular weight is 200 g/mol. The van der Waals surface area contributed by atoms with E-state index in [1.54, 1.807) is 12.1 Å². The van der Waals surface area contributed by atoms with E-state index in [1.165, 1.54) is 0 Å². The molecular weight excluding hydrogens is 186 g/mol. The van der Waals surface area contributed by atoms with Gasteiger partial charge in [-0.1, -0.05) is 24.6 Å². The Balaban J connectivity index is 2.88. The molecule has 0 heterocycles. The summed E-state index contributed by atoms with van der Waals surface area (Å²) in [5.74, 6) is 0.206. The van der Waals surface area contributed by atoms with Gasteiger partial charge in [0.15, 0.2) is 0 Å². The molecule has 0 aliphatic rings. The minimum absolute atomic E-state index is 0.206. The maximum Gasteiger partial charge on any atom is 0.117 e. The van der Waals surface area contributed by atoms with E-state index in [1.807, 2.05) is 19.9 Å². The molecule has 0 saturated heterocycles. The quantitative estimate of drug-likeness (QED) is 0.785. The number of aromatic hydroxyl groups is 1. The summed E-state index contributed by atoms with van der Waals surface area (Å²) in [5.41, 5.74) is 1.02. The van der Waals surface area contributed by atoms with Gasteiger partial charge in [0.2, 0.25) is 0 Å². The molecule has 0 spiro atoms. The van der Waals surface area contributed by atoms with Gasteiger partial charge in [0, 0.05) is 11.1 Å². The highest BCUT2D eigenvalue weighted by atomic mass is 35.5. The highest BCUT2D eigenvalue weighted by Gasteiger charge is 2.08. The Morgan fingerprint density at radius 1 is 1.54 bits per heavy atom. The molecule has 1 aromatic carbocycles. The zero-order chi connectivity index (χ0) is 9.84. The van der Waals surface area contributed by atoms with Gasteiger partial charge >= 0.3 is 0 Å². The van der Waals surface area contributed by atoms with E-state index in [9.17, 15) is 0 Å². The molecular formula is C10H14ClNO. The molecule has 0 aliphatic carbocycles. The standard InChI is InChI=1S/C10H14ClNO/c1-3-12-7(2)9-5-4-8(13)6-10(9)11/h4-7,12-13H,3H2,1-2H3. The molecule has 2 N–H and O–H groups in total. The van der Waals surface area contributed by atoms with Gasteiger partial charge < -0.3 is 10.4 Å². The molecule has 72 valence electrons. The van der Waals surface area contributed by atoms with Gasteiger partial charge in [-0.25, -0.2) is 0 Å². The summed E-state index contributed by atoms with van der Waals surface area (Å²) >= 11 is 5.96. The first-order valence-corrected chi connectivity index (χ1v) is 4.74. The van der Waals surface area contributed by atoms with Crippen molar-refractivity contribution in [1.29, 1.82) is 0 Å². The Morgan fingerprint density at radius 3 is 2.77 bits per heavy atom. The topological polar surface area (TPSA) is 32.3 Å². The van der Waals surface area contributed by atoms with Gasteiger partial charge in [-0.2, -0.15) is 0 Å². The van der Waals surface area contributed by atoms with Crippen molar-refractivity contribution < 1.29 is 5.11 Å². The second-order valence-electron chi connectivity index (χ2n) is 2.99.